The van der Waals surface area contributed by atoms with Crippen LogP contribution in [0.3, 0.4) is 0 Å². The Morgan fingerprint density at radius 1 is 1.11 bits per heavy atom. The van der Waals surface area contributed by atoms with Gasteiger partial charge in [0.1, 0.15) is 16.6 Å². The van der Waals surface area contributed by atoms with Crippen LogP contribution in [0.15, 0.2) is 52.3 Å². The van der Waals surface area contributed by atoms with Gasteiger partial charge in [-0.1, -0.05) is 16.8 Å². The van der Waals surface area contributed by atoms with Crippen LogP contribution in [0.2, 0.25) is 5.15 Å². The van der Waals surface area contributed by atoms with Crippen LogP contribution in [0.25, 0.3) is 22.4 Å². The second-order valence-electron chi connectivity index (χ2n) is 6.26. The molecule has 0 aliphatic heterocycles. The average molecular weight is 397 g/mol. The highest BCUT2D eigenvalue weighted by molar-refractivity contribution is 6.29. The van der Waals surface area contributed by atoms with Crippen LogP contribution in [-0.4, -0.2) is 29.7 Å². The van der Waals surface area contributed by atoms with E-state index >= 15 is 0 Å². The number of hydrogen-bond acceptors (Lipinski definition) is 6. The van der Waals surface area contributed by atoms with Crippen LogP contribution >= 0.6 is 11.6 Å². The van der Waals surface area contributed by atoms with Crippen molar-refractivity contribution in [2.45, 2.75) is 26.9 Å². The summed E-state index contributed by atoms with van der Waals surface area (Å²) in [6, 6.07) is 5.04. The minimum absolute atomic E-state index is 0.220. The molecule has 0 saturated carbocycles. The van der Waals surface area contributed by atoms with Crippen molar-refractivity contribution >= 4 is 11.6 Å². The fourth-order valence-electron chi connectivity index (χ4n) is 2.87. The lowest BCUT2D eigenvalue weighted by molar-refractivity contribution is 0.397. The van der Waals surface area contributed by atoms with Gasteiger partial charge in [-0.2, -0.15) is 10.2 Å². The van der Waals surface area contributed by atoms with Crippen LogP contribution in [0.5, 0.6) is 0 Å². The Hall–Kier alpha value is -3.26. The molecule has 0 radical (unpaired) electrons. The molecule has 0 unspecified atom stereocenters. The van der Waals surface area contributed by atoms with Gasteiger partial charge >= 0.3 is 0 Å². The van der Waals surface area contributed by atoms with Crippen molar-refractivity contribution in [3.63, 3.8) is 0 Å². The van der Waals surface area contributed by atoms with Gasteiger partial charge in [0.25, 0.3) is 5.56 Å². The Morgan fingerprint density at radius 3 is 2.61 bits per heavy atom. The molecule has 0 fully saturated rings. The molecule has 0 aromatic carbocycles. The minimum atomic E-state index is -0.220. The van der Waals surface area contributed by atoms with Crippen LogP contribution in [0.1, 0.15) is 18.2 Å². The first-order chi connectivity index (χ1) is 13.5. The Kier molecular flexibility index (Phi) is 4.79. The fourth-order valence-corrected chi connectivity index (χ4v) is 2.98. The van der Waals surface area contributed by atoms with Crippen molar-refractivity contribution < 1.29 is 4.52 Å². The van der Waals surface area contributed by atoms with Crippen LogP contribution in [-0.2, 0) is 13.1 Å². The molecule has 0 aliphatic carbocycles. The molecular formula is C19H17ClN6O2. The van der Waals surface area contributed by atoms with Crippen molar-refractivity contribution in [3.8, 4) is 22.4 Å². The average Bonchev–Trinajstić information content (AvgIpc) is 3.31. The molecule has 0 amide bonds. The standard InChI is InChI=1S/C19H17ClN6O2/c1-3-25-10-15(9-22-25)14-6-18(27)26(23-8-14)11-16-12(2)28-24-19(16)13-4-5-17(20)21-7-13/h4-10H,3,11H2,1-2H3. The maximum atomic E-state index is 12.6. The SMILES string of the molecule is CCn1cc(-c2cnn(Cc3c(-c4ccc(Cl)nc4)noc3C)c(=O)c2)cn1. The normalized spacial score (nSPS) is 11.1. The molecule has 9 heteroatoms. The van der Waals surface area contributed by atoms with Gasteiger partial charge in [-0.25, -0.2) is 9.67 Å². The van der Waals surface area contributed by atoms with Crippen molar-refractivity contribution in [3.05, 3.63) is 69.8 Å². The molecule has 28 heavy (non-hydrogen) atoms. The maximum absolute atomic E-state index is 12.6. The highest BCUT2D eigenvalue weighted by Gasteiger charge is 2.17. The van der Waals surface area contributed by atoms with Crippen LogP contribution in [0.4, 0.5) is 0 Å². The van der Waals surface area contributed by atoms with Crippen LogP contribution < -0.4 is 5.56 Å². The maximum Gasteiger partial charge on any atom is 0.267 e. The molecule has 8 nitrogen and oxygen atoms in total. The largest absolute Gasteiger partial charge is 0.361 e. The first kappa shape index (κ1) is 18.1. The van der Waals surface area contributed by atoms with Gasteiger partial charge in [-0.3, -0.25) is 9.48 Å². The summed E-state index contributed by atoms with van der Waals surface area (Å²) in [6.45, 7) is 4.80. The van der Waals surface area contributed by atoms with Crippen molar-refractivity contribution in [2.24, 2.45) is 0 Å². The highest BCUT2D eigenvalue weighted by atomic mass is 35.5. The number of aromatic nitrogens is 6. The predicted molar refractivity (Wildman–Crippen MR) is 104 cm³/mol. The third kappa shape index (κ3) is 3.46. The summed E-state index contributed by atoms with van der Waals surface area (Å²) < 4.78 is 8.51. The lowest BCUT2D eigenvalue weighted by Crippen LogP contribution is -2.23. The molecule has 4 aromatic rings. The molecular weight excluding hydrogens is 380 g/mol. The van der Waals surface area contributed by atoms with E-state index in [1.54, 1.807) is 48.4 Å². The Morgan fingerprint density at radius 2 is 1.93 bits per heavy atom. The van der Waals surface area contributed by atoms with Gasteiger partial charge in [0.2, 0.25) is 0 Å². The number of rotatable bonds is 5. The summed E-state index contributed by atoms with van der Waals surface area (Å²) in [5.74, 6) is 0.618. The zero-order valence-electron chi connectivity index (χ0n) is 15.3. The number of halogens is 1. The molecule has 0 spiro atoms. The van der Waals surface area contributed by atoms with E-state index in [2.05, 4.69) is 20.3 Å². The fraction of sp³-hybridized carbons (Fsp3) is 0.211. The molecule has 4 aromatic heterocycles. The van der Waals surface area contributed by atoms with E-state index in [4.69, 9.17) is 16.1 Å². The quantitative estimate of drug-likeness (QED) is 0.481. The van der Waals surface area contributed by atoms with E-state index in [0.717, 1.165) is 28.8 Å². The van der Waals surface area contributed by atoms with E-state index < -0.39 is 0 Å². The number of nitrogens with zero attached hydrogens (tertiary/aromatic N) is 6. The van der Waals surface area contributed by atoms with Gasteiger partial charge in [0, 0.05) is 47.3 Å². The first-order valence-electron chi connectivity index (χ1n) is 8.72. The summed E-state index contributed by atoms with van der Waals surface area (Å²) in [5.41, 5.74) is 3.50. The monoisotopic (exact) mass is 396 g/mol. The molecule has 0 atom stereocenters. The number of pyridine rings is 1. The summed E-state index contributed by atoms with van der Waals surface area (Å²) in [4.78, 5) is 16.7. The van der Waals surface area contributed by atoms with E-state index in [-0.39, 0.29) is 12.1 Å². The van der Waals surface area contributed by atoms with Crippen LogP contribution in [0, 0.1) is 6.92 Å². The van der Waals surface area contributed by atoms with Gasteiger partial charge < -0.3 is 4.52 Å². The van der Waals surface area contributed by atoms with Gasteiger partial charge in [0.05, 0.1) is 18.9 Å². The lowest BCUT2D eigenvalue weighted by atomic mass is 10.1. The predicted octanol–water partition coefficient (Wildman–Crippen LogP) is 3.19. The molecule has 4 heterocycles. The molecule has 0 saturated heterocycles. The number of hydrogen-bond donors (Lipinski definition) is 0. The van der Waals surface area contributed by atoms with Crippen molar-refractivity contribution in [2.75, 3.05) is 0 Å². The molecule has 0 bridgehead atoms. The lowest BCUT2D eigenvalue weighted by Gasteiger charge is -2.06. The third-order valence-corrected chi connectivity index (χ3v) is 4.68. The zero-order valence-corrected chi connectivity index (χ0v) is 16.1. The Bertz CT molecular complexity index is 1180. The molecule has 4 rings (SSSR count). The topological polar surface area (TPSA) is 91.6 Å². The smallest absolute Gasteiger partial charge is 0.267 e. The second kappa shape index (κ2) is 7.40. The second-order valence-corrected chi connectivity index (χ2v) is 6.65. The van der Waals surface area contributed by atoms with Gasteiger partial charge in [-0.05, 0) is 26.0 Å². The third-order valence-electron chi connectivity index (χ3n) is 4.45. The van der Waals surface area contributed by atoms with Crippen molar-refractivity contribution in [1.82, 2.24) is 29.7 Å². The minimum Gasteiger partial charge on any atom is -0.361 e. The zero-order chi connectivity index (χ0) is 19.7. The first-order valence-corrected chi connectivity index (χ1v) is 9.10. The van der Waals surface area contributed by atoms with E-state index in [9.17, 15) is 4.79 Å². The Balaban J connectivity index is 1.66. The summed E-state index contributed by atoms with van der Waals surface area (Å²) >= 11 is 5.85. The van der Waals surface area contributed by atoms with Gasteiger partial charge in [0.15, 0.2) is 0 Å². The van der Waals surface area contributed by atoms with Gasteiger partial charge in [-0.15, -0.1) is 0 Å². The summed E-state index contributed by atoms with van der Waals surface area (Å²) in [5, 5.41) is 13.0. The molecule has 142 valence electrons. The summed E-state index contributed by atoms with van der Waals surface area (Å²) in [7, 11) is 0. The Labute approximate surface area is 165 Å². The highest BCUT2D eigenvalue weighted by Crippen LogP contribution is 2.26. The number of aryl methyl sites for hydroxylation is 2. The molecule has 0 aliphatic rings. The molecule has 0 N–H and O–H groups in total. The van der Waals surface area contributed by atoms with E-state index in [0.29, 0.717) is 16.6 Å². The summed E-state index contributed by atoms with van der Waals surface area (Å²) in [6.07, 6.45) is 6.88. The van der Waals surface area contributed by atoms with Crippen molar-refractivity contribution in [1.29, 1.82) is 0 Å². The van der Waals surface area contributed by atoms with E-state index in [1.807, 2.05) is 13.1 Å². The van der Waals surface area contributed by atoms with E-state index in [1.165, 1.54) is 4.68 Å².